The van der Waals surface area contributed by atoms with Crippen LogP contribution >= 0.6 is 0 Å². The van der Waals surface area contributed by atoms with Gasteiger partial charge >= 0.3 is 6.03 Å². The fraction of sp³-hybridized carbons (Fsp3) is 0.500. The van der Waals surface area contributed by atoms with Gasteiger partial charge in [0, 0.05) is 0 Å². The minimum atomic E-state index is -0.772. The molecule has 2 aliphatic rings. The van der Waals surface area contributed by atoms with Gasteiger partial charge in [-0.1, -0.05) is 17.7 Å². The molecular weight excluding hydrogens is 204 g/mol. The van der Waals surface area contributed by atoms with Crippen LogP contribution in [0.2, 0.25) is 0 Å². The van der Waals surface area contributed by atoms with Crippen LogP contribution in [0.4, 0.5) is 4.79 Å². The van der Waals surface area contributed by atoms with Gasteiger partial charge in [0.15, 0.2) is 0 Å². The molecule has 2 rings (SSSR count). The summed E-state index contributed by atoms with van der Waals surface area (Å²) in [7, 11) is 0. The SMILES string of the molecule is C=CCCC1=CC2(CCC1)NC(=O)NC2=O. The Labute approximate surface area is 94.8 Å². The molecule has 1 unspecified atom stereocenters. The molecule has 16 heavy (non-hydrogen) atoms. The molecule has 0 aromatic heterocycles. The van der Waals surface area contributed by atoms with Crippen molar-refractivity contribution >= 4 is 11.9 Å². The Morgan fingerprint density at radius 2 is 2.31 bits per heavy atom. The lowest BCUT2D eigenvalue weighted by Gasteiger charge is -2.28. The van der Waals surface area contributed by atoms with Crippen molar-refractivity contribution in [3.05, 3.63) is 24.3 Å². The molecule has 4 heteroatoms. The Balaban J connectivity index is 2.18. The molecular formula is C12H16N2O2. The number of amides is 3. The van der Waals surface area contributed by atoms with Crippen LogP contribution in [0.3, 0.4) is 0 Å². The van der Waals surface area contributed by atoms with Crippen LogP contribution in [0, 0.1) is 0 Å². The summed E-state index contributed by atoms with van der Waals surface area (Å²) in [5.41, 5.74) is 0.467. The largest absolute Gasteiger partial charge is 0.322 e. The summed E-state index contributed by atoms with van der Waals surface area (Å²) in [4.78, 5) is 22.9. The molecule has 0 bridgehead atoms. The van der Waals surface area contributed by atoms with Crippen molar-refractivity contribution in [3.63, 3.8) is 0 Å². The van der Waals surface area contributed by atoms with E-state index in [1.807, 2.05) is 12.2 Å². The maximum atomic E-state index is 11.7. The molecule has 1 fully saturated rings. The summed E-state index contributed by atoms with van der Waals surface area (Å²) < 4.78 is 0. The number of carbonyl (C=O) groups excluding carboxylic acids is 2. The van der Waals surface area contributed by atoms with E-state index in [9.17, 15) is 9.59 Å². The maximum Gasteiger partial charge on any atom is 0.322 e. The van der Waals surface area contributed by atoms with Gasteiger partial charge in [-0.25, -0.2) is 4.79 Å². The summed E-state index contributed by atoms with van der Waals surface area (Å²) in [6, 6.07) is -0.383. The topological polar surface area (TPSA) is 58.2 Å². The molecule has 0 aromatic rings. The predicted molar refractivity (Wildman–Crippen MR) is 60.8 cm³/mol. The number of urea groups is 1. The van der Waals surface area contributed by atoms with Crippen molar-refractivity contribution < 1.29 is 9.59 Å². The lowest BCUT2D eigenvalue weighted by atomic mass is 9.82. The molecule has 1 atom stereocenters. The Morgan fingerprint density at radius 1 is 1.50 bits per heavy atom. The minimum absolute atomic E-state index is 0.215. The fourth-order valence-corrected chi connectivity index (χ4v) is 2.35. The average molecular weight is 220 g/mol. The Hall–Kier alpha value is -1.58. The highest BCUT2D eigenvalue weighted by Crippen LogP contribution is 2.31. The number of allylic oxidation sites excluding steroid dienone is 2. The summed E-state index contributed by atoms with van der Waals surface area (Å²) >= 11 is 0. The van der Waals surface area contributed by atoms with E-state index in [0.717, 1.165) is 25.7 Å². The summed E-state index contributed by atoms with van der Waals surface area (Å²) in [6.07, 6.45) is 8.29. The van der Waals surface area contributed by atoms with Gasteiger partial charge in [-0.3, -0.25) is 10.1 Å². The highest BCUT2D eigenvalue weighted by Gasteiger charge is 2.45. The van der Waals surface area contributed by atoms with E-state index < -0.39 is 5.54 Å². The first-order valence-electron chi connectivity index (χ1n) is 5.61. The van der Waals surface area contributed by atoms with Crippen molar-refractivity contribution in [2.75, 3.05) is 0 Å². The quantitative estimate of drug-likeness (QED) is 0.561. The number of hydrogen-bond acceptors (Lipinski definition) is 2. The van der Waals surface area contributed by atoms with Crippen molar-refractivity contribution in [3.8, 4) is 0 Å². The van der Waals surface area contributed by atoms with Gasteiger partial charge in [0.05, 0.1) is 0 Å². The molecule has 1 aliphatic carbocycles. The number of nitrogens with one attached hydrogen (secondary N) is 2. The van der Waals surface area contributed by atoms with Gasteiger partial charge in [-0.15, -0.1) is 6.58 Å². The van der Waals surface area contributed by atoms with Crippen molar-refractivity contribution in [1.82, 2.24) is 10.6 Å². The summed E-state index contributed by atoms with van der Waals surface area (Å²) in [6.45, 7) is 3.68. The van der Waals surface area contributed by atoms with E-state index in [4.69, 9.17) is 0 Å². The van der Waals surface area contributed by atoms with Crippen LogP contribution in [0.15, 0.2) is 24.3 Å². The molecule has 3 amide bonds. The van der Waals surface area contributed by atoms with Crippen LogP contribution in [-0.4, -0.2) is 17.5 Å². The standard InChI is InChI=1S/C12H16N2O2/c1-2-3-5-9-6-4-7-12(8-9)10(15)13-11(16)14-12/h2,8H,1,3-7H2,(H2,13,14,15,16). The normalized spacial score (nSPS) is 28.6. The van der Waals surface area contributed by atoms with E-state index in [1.54, 1.807) is 0 Å². The van der Waals surface area contributed by atoms with Crippen LogP contribution in [0.5, 0.6) is 0 Å². The van der Waals surface area contributed by atoms with Gasteiger partial charge in [0.2, 0.25) is 0 Å². The molecule has 4 nitrogen and oxygen atoms in total. The van der Waals surface area contributed by atoms with Gasteiger partial charge < -0.3 is 5.32 Å². The molecule has 2 N–H and O–H groups in total. The second-order valence-corrected chi connectivity index (χ2v) is 4.36. The van der Waals surface area contributed by atoms with E-state index in [1.165, 1.54) is 5.57 Å². The third-order valence-electron chi connectivity index (χ3n) is 3.16. The highest BCUT2D eigenvalue weighted by molar-refractivity contribution is 6.08. The molecule has 1 heterocycles. The molecule has 0 radical (unpaired) electrons. The third kappa shape index (κ3) is 1.87. The molecule has 0 saturated carbocycles. The predicted octanol–water partition coefficient (Wildman–Crippen LogP) is 1.64. The molecule has 86 valence electrons. The molecule has 1 saturated heterocycles. The Kier molecular flexibility index (Phi) is 2.81. The summed E-state index contributed by atoms with van der Waals surface area (Å²) in [5, 5.41) is 5.02. The first-order valence-corrected chi connectivity index (χ1v) is 5.61. The van der Waals surface area contributed by atoms with Gasteiger partial charge in [0.1, 0.15) is 5.54 Å². The number of rotatable bonds is 3. The average Bonchev–Trinajstić information content (AvgIpc) is 2.51. The van der Waals surface area contributed by atoms with Crippen LogP contribution in [-0.2, 0) is 4.79 Å². The van der Waals surface area contributed by atoms with Crippen LogP contribution in [0.1, 0.15) is 32.1 Å². The van der Waals surface area contributed by atoms with Crippen molar-refractivity contribution in [1.29, 1.82) is 0 Å². The van der Waals surface area contributed by atoms with Crippen molar-refractivity contribution in [2.45, 2.75) is 37.6 Å². The first-order chi connectivity index (χ1) is 7.66. The minimum Gasteiger partial charge on any atom is -0.320 e. The van der Waals surface area contributed by atoms with Crippen molar-refractivity contribution in [2.24, 2.45) is 0 Å². The van der Waals surface area contributed by atoms with Crippen LogP contribution in [0.25, 0.3) is 0 Å². The second-order valence-electron chi connectivity index (χ2n) is 4.36. The molecule has 1 aliphatic heterocycles. The van der Waals surface area contributed by atoms with E-state index in [-0.39, 0.29) is 11.9 Å². The van der Waals surface area contributed by atoms with E-state index in [0.29, 0.717) is 6.42 Å². The molecule has 0 aromatic carbocycles. The number of imide groups is 1. The number of carbonyl (C=O) groups is 2. The monoisotopic (exact) mass is 220 g/mol. The first kappa shape index (κ1) is 10.9. The fourth-order valence-electron chi connectivity index (χ4n) is 2.35. The smallest absolute Gasteiger partial charge is 0.320 e. The lowest BCUT2D eigenvalue weighted by molar-refractivity contribution is -0.122. The van der Waals surface area contributed by atoms with Gasteiger partial charge in [0.25, 0.3) is 5.91 Å². The zero-order valence-corrected chi connectivity index (χ0v) is 9.21. The zero-order valence-electron chi connectivity index (χ0n) is 9.21. The summed E-state index contributed by atoms with van der Waals surface area (Å²) in [5.74, 6) is -0.215. The lowest BCUT2D eigenvalue weighted by Crippen LogP contribution is -2.46. The van der Waals surface area contributed by atoms with E-state index >= 15 is 0 Å². The number of hydrogen-bond donors (Lipinski definition) is 2. The Morgan fingerprint density at radius 3 is 2.94 bits per heavy atom. The third-order valence-corrected chi connectivity index (χ3v) is 3.16. The molecule has 1 spiro atoms. The second kappa shape index (κ2) is 4.12. The van der Waals surface area contributed by atoms with Gasteiger partial charge in [-0.05, 0) is 32.1 Å². The van der Waals surface area contributed by atoms with Gasteiger partial charge in [-0.2, -0.15) is 0 Å². The zero-order chi connectivity index (χ0) is 11.6. The van der Waals surface area contributed by atoms with E-state index in [2.05, 4.69) is 17.2 Å². The highest BCUT2D eigenvalue weighted by atomic mass is 16.2. The van der Waals surface area contributed by atoms with Crippen LogP contribution < -0.4 is 10.6 Å². The maximum absolute atomic E-state index is 11.7. The Bertz CT molecular complexity index is 373.